The number of carbonyl (C=O) groups excluding carboxylic acids is 2. The second-order valence-corrected chi connectivity index (χ2v) is 8.03. The van der Waals surface area contributed by atoms with Crippen LogP contribution in [0.15, 0.2) is 48.5 Å². The number of amides is 1. The number of methoxy groups -OCH3 is 1. The van der Waals surface area contributed by atoms with Crippen molar-refractivity contribution < 1.29 is 23.5 Å². The molecule has 1 aliphatic rings. The molecule has 0 aliphatic carbocycles. The van der Waals surface area contributed by atoms with Gasteiger partial charge in [0.1, 0.15) is 11.6 Å². The number of hydrogen-bond donors (Lipinski definition) is 0. The van der Waals surface area contributed by atoms with Gasteiger partial charge < -0.3 is 14.4 Å². The molecule has 2 aromatic carbocycles. The molecule has 0 bridgehead atoms. The van der Waals surface area contributed by atoms with E-state index in [1.165, 1.54) is 12.1 Å². The molecule has 1 amide bonds. The molecule has 1 heterocycles. The summed E-state index contributed by atoms with van der Waals surface area (Å²) in [5.41, 5.74) is 1.03. The fourth-order valence-electron chi connectivity index (χ4n) is 4.31. The topological polar surface area (TPSA) is 55.8 Å². The number of para-hydroxylation sites is 1. The van der Waals surface area contributed by atoms with Crippen molar-refractivity contribution in [2.75, 3.05) is 26.8 Å². The lowest BCUT2D eigenvalue weighted by Gasteiger charge is -2.41. The Hall–Kier alpha value is -2.89. The molecule has 0 spiro atoms. The van der Waals surface area contributed by atoms with Gasteiger partial charge in [-0.25, -0.2) is 4.39 Å². The minimum Gasteiger partial charge on any atom is -0.496 e. The highest BCUT2D eigenvalue weighted by Gasteiger charge is 2.44. The van der Waals surface area contributed by atoms with Crippen LogP contribution in [0.4, 0.5) is 4.39 Å². The standard InChI is InChI=1S/C25H30FNO4/c1-3-31-24(29)25(17-19-9-12-21(26)13-10-19)15-6-16-27(18-25)23(28)14-11-20-7-4-5-8-22(20)30-2/h4-5,7-10,12-13H,3,6,11,14-18H2,1-2H3/t25-/m0/s1. The number of piperidine rings is 1. The first kappa shape index (κ1) is 22.8. The molecule has 0 aromatic heterocycles. The van der Waals surface area contributed by atoms with Gasteiger partial charge in [-0.3, -0.25) is 9.59 Å². The number of benzene rings is 2. The molecule has 6 heteroatoms. The summed E-state index contributed by atoms with van der Waals surface area (Å²) in [5.74, 6) is 0.178. The summed E-state index contributed by atoms with van der Waals surface area (Å²) in [4.78, 5) is 27.8. The molecule has 1 atom stereocenters. The van der Waals surface area contributed by atoms with Gasteiger partial charge in [0.2, 0.25) is 5.91 Å². The first-order chi connectivity index (χ1) is 15.0. The summed E-state index contributed by atoms with van der Waals surface area (Å²) in [6.07, 6.45) is 2.70. The zero-order chi connectivity index (χ0) is 22.3. The Balaban J connectivity index is 1.73. The zero-order valence-corrected chi connectivity index (χ0v) is 18.2. The molecular weight excluding hydrogens is 397 g/mol. The number of esters is 1. The summed E-state index contributed by atoms with van der Waals surface area (Å²) >= 11 is 0. The van der Waals surface area contributed by atoms with Crippen LogP contribution in [0.2, 0.25) is 0 Å². The number of carbonyl (C=O) groups is 2. The van der Waals surface area contributed by atoms with E-state index in [4.69, 9.17) is 9.47 Å². The number of rotatable bonds is 8. The van der Waals surface area contributed by atoms with Crippen molar-refractivity contribution in [2.45, 2.75) is 39.0 Å². The zero-order valence-electron chi connectivity index (χ0n) is 18.2. The van der Waals surface area contributed by atoms with Crippen molar-refractivity contribution in [3.63, 3.8) is 0 Å². The second-order valence-electron chi connectivity index (χ2n) is 8.03. The van der Waals surface area contributed by atoms with Gasteiger partial charge in [0.25, 0.3) is 0 Å². The van der Waals surface area contributed by atoms with E-state index in [9.17, 15) is 14.0 Å². The molecule has 0 unspecified atom stereocenters. The number of nitrogens with zero attached hydrogens (tertiary/aromatic N) is 1. The number of halogens is 1. The Morgan fingerprint density at radius 3 is 2.58 bits per heavy atom. The maximum atomic E-state index is 13.3. The molecule has 0 saturated carbocycles. The van der Waals surface area contributed by atoms with Gasteiger partial charge in [0.05, 0.1) is 19.1 Å². The van der Waals surface area contributed by atoms with Gasteiger partial charge in [-0.1, -0.05) is 30.3 Å². The Morgan fingerprint density at radius 1 is 1.13 bits per heavy atom. The predicted octanol–water partition coefficient (Wildman–Crippen LogP) is 4.18. The minimum atomic E-state index is -0.813. The Bertz CT molecular complexity index is 899. The quantitative estimate of drug-likeness (QED) is 0.593. The van der Waals surface area contributed by atoms with Gasteiger partial charge in [0.15, 0.2) is 0 Å². The molecule has 1 fully saturated rings. The van der Waals surface area contributed by atoms with E-state index in [0.717, 1.165) is 23.3 Å². The van der Waals surface area contributed by atoms with Gasteiger partial charge in [-0.15, -0.1) is 0 Å². The van der Waals surface area contributed by atoms with Crippen LogP contribution in [-0.2, 0) is 27.2 Å². The summed E-state index contributed by atoms with van der Waals surface area (Å²) in [5, 5.41) is 0. The number of ether oxygens (including phenoxy) is 2. The van der Waals surface area contributed by atoms with E-state index in [-0.39, 0.29) is 24.3 Å². The van der Waals surface area contributed by atoms with E-state index in [1.54, 1.807) is 31.1 Å². The first-order valence-corrected chi connectivity index (χ1v) is 10.8. The minimum absolute atomic E-state index is 0.0124. The highest BCUT2D eigenvalue weighted by Crippen LogP contribution is 2.36. The maximum Gasteiger partial charge on any atom is 0.314 e. The summed E-state index contributed by atoms with van der Waals surface area (Å²) in [7, 11) is 1.62. The molecule has 0 N–H and O–H groups in total. The van der Waals surface area contributed by atoms with E-state index in [2.05, 4.69) is 0 Å². The molecule has 2 aromatic rings. The SMILES string of the molecule is CCOC(=O)[C@]1(Cc2ccc(F)cc2)CCCN(C(=O)CCc2ccccc2OC)C1. The summed E-state index contributed by atoms with van der Waals surface area (Å²) in [6.45, 7) is 3.00. The summed E-state index contributed by atoms with van der Waals surface area (Å²) in [6, 6.07) is 13.8. The highest BCUT2D eigenvalue weighted by molar-refractivity contribution is 5.81. The molecule has 166 valence electrons. The number of hydrogen-bond acceptors (Lipinski definition) is 4. The lowest BCUT2D eigenvalue weighted by molar-refractivity contribution is -0.160. The second kappa shape index (κ2) is 10.4. The van der Waals surface area contributed by atoms with Crippen LogP contribution in [0.3, 0.4) is 0 Å². The van der Waals surface area contributed by atoms with E-state index in [0.29, 0.717) is 38.8 Å². The lowest BCUT2D eigenvalue weighted by Crippen LogP contribution is -2.51. The van der Waals surface area contributed by atoms with Crippen LogP contribution in [-0.4, -0.2) is 43.6 Å². The third-order valence-electron chi connectivity index (χ3n) is 5.89. The lowest BCUT2D eigenvalue weighted by atomic mass is 9.75. The maximum absolute atomic E-state index is 13.3. The normalized spacial score (nSPS) is 18.5. The first-order valence-electron chi connectivity index (χ1n) is 10.8. The van der Waals surface area contributed by atoms with Crippen LogP contribution >= 0.6 is 0 Å². The molecule has 1 saturated heterocycles. The molecule has 3 rings (SSSR count). The third kappa shape index (κ3) is 5.63. The van der Waals surface area contributed by atoms with Gasteiger partial charge >= 0.3 is 5.97 Å². The van der Waals surface area contributed by atoms with E-state index >= 15 is 0 Å². The monoisotopic (exact) mass is 427 g/mol. The van der Waals surface area contributed by atoms with Crippen LogP contribution in [0.5, 0.6) is 5.75 Å². The highest BCUT2D eigenvalue weighted by atomic mass is 19.1. The van der Waals surface area contributed by atoms with E-state index < -0.39 is 5.41 Å². The Morgan fingerprint density at radius 2 is 1.87 bits per heavy atom. The predicted molar refractivity (Wildman–Crippen MR) is 116 cm³/mol. The number of aryl methyl sites for hydroxylation is 1. The van der Waals surface area contributed by atoms with Crippen molar-refractivity contribution in [2.24, 2.45) is 5.41 Å². The molecular formula is C25H30FNO4. The summed E-state index contributed by atoms with van der Waals surface area (Å²) < 4.78 is 24.1. The average Bonchev–Trinajstić information content (AvgIpc) is 2.79. The Kier molecular flexibility index (Phi) is 7.66. The number of likely N-dealkylation sites (tertiary alicyclic amines) is 1. The Labute approximate surface area is 183 Å². The van der Waals surface area contributed by atoms with Crippen molar-refractivity contribution in [1.82, 2.24) is 4.90 Å². The van der Waals surface area contributed by atoms with Crippen LogP contribution in [0.1, 0.15) is 37.3 Å². The van der Waals surface area contributed by atoms with Crippen molar-refractivity contribution in [3.8, 4) is 5.75 Å². The fourth-order valence-corrected chi connectivity index (χ4v) is 4.31. The van der Waals surface area contributed by atoms with Gasteiger partial charge in [-0.05, 0) is 61.9 Å². The van der Waals surface area contributed by atoms with Crippen molar-refractivity contribution in [1.29, 1.82) is 0 Å². The third-order valence-corrected chi connectivity index (χ3v) is 5.89. The molecule has 5 nitrogen and oxygen atoms in total. The average molecular weight is 428 g/mol. The van der Waals surface area contributed by atoms with Crippen LogP contribution in [0, 0.1) is 11.2 Å². The van der Waals surface area contributed by atoms with Gasteiger partial charge in [-0.2, -0.15) is 0 Å². The van der Waals surface area contributed by atoms with Gasteiger partial charge in [0, 0.05) is 19.5 Å². The molecule has 31 heavy (non-hydrogen) atoms. The molecule has 0 radical (unpaired) electrons. The molecule has 1 aliphatic heterocycles. The van der Waals surface area contributed by atoms with Crippen molar-refractivity contribution in [3.05, 3.63) is 65.5 Å². The fraction of sp³-hybridized carbons (Fsp3) is 0.440. The van der Waals surface area contributed by atoms with Crippen molar-refractivity contribution >= 4 is 11.9 Å². The van der Waals surface area contributed by atoms with E-state index in [1.807, 2.05) is 24.3 Å². The van der Waals surface area contributed by atoms with Crippen LogP contribution < -0.4 is 4.74 Å². The van der Waals surface area contributed by atoms with Crippen LogP contribution in [0.25, 0.3) is 0 Å². The smallest absolute Gasteiger partial charge is 0.314 e. The largest absolute Gasteiger partial charge is 0.496 e.